The quantitative estimate of drug-likeness (QED) is 0.866. The highest BCUT2D eigenvalue weighted by molar-refractivity contribution is 9.10. The van der Waals surface area contributed by atoms with Crippen LogP contribution >= 0.6 is 27.7 Å². The third-order valence-electron chi connectivity index (χ3n) is 2.23. The highest BCUT2D eigenvalue weighted by Gasteiger charge is 2.15. The van der Waals surface area contributed by atoms with E-state index in [-0.39, 0.29) is 5.82 Å². The highest BCUT2D eigenvalue weighted by atomic mass is 79.9. The summed E-state index contributed by atoms with van der Waals surface area (Å²) < 4.78 is 5.57. The van der Waals surface area contributed by atoms with Crippen molar-refractivity contribution < 1.29 is 9.53 Å². The zero-order valence-corrected chi connectivity index (χ0v) is 12.4. The van der Waals surface area contributed by atoms with Gasteiger partial charge in [-0.25, -0.2) is 14.8 Å². The van der Waals surface area contributed by atoms with Crippen molar-refractivity contribution >= 4 is 39.5 Å². The van der Waals surface area contributed by atoms with Gasteiger partial charge in [0.1, 0.15) is 10.8 Å². The van der Waals surface area contributed by atoms with E-state index in [0.717, 1.165) is 9.50 Å². The van der Waals surface area contributed by atoms with Crippen LogP contribution in [0.15, 0.2) is 45.0 Å². The molecular formula is C12H10BrN3O2S. The average Bonchev–Trinajstić information content (AvgIpc) is 2.42. The van der Waals surface area contributed by atoms with E-state index >= 15 is 0 Å². The van der Waals surface area contributed by atoms with E-state index in [4.69, 9.17) is 10.5 Å². The number of nitrogen functional groups attached to an aromatic ring is 1. The summed E-state index contributed by atoms with van der Waals surface area (Å²) in [7, 11) is 1.32. The Morgan fingerprint density at radius 2 is 2.26 bits per heavy atom. The van der Waals surface area contributed by atoms with Crippen LogP contribution in [0.1, 0.15) is 10.4 Å². The summed E-state index contributed by atoms with van der Waals surface area (Å²) in [6.07, 6.45) is 3.21. The Morgan fingerprint density at radius 3 is 2.95 bits per heavy atom. The summed E-state index contributed by atoms with van der Waals surface area (Å²) in [6, 6.07) is 5.18. The van der Waals surface area contributed by atoms with E-state index in [1.165, 1.54) is 31.1 Å². The third-order valence-corrected chi connectivity index (χ3v) is 4.19. The molecule has 19 heavy (non-hydrogen) atoms. The van der Waals surface area contributed by atoms with Gasteiger partial charge in [-0.1, -0.05) is 11.8 Å². The maximum atomic E-state index is 11.7. The predicted molar refractivity (Wildman–Crippen MR) is 76.0 cm³/mol. The van der Waals surface area contributed by atoms with Gasteiger partial charge in [-0.3, -0.25) is 0 Å². The molecule has 0 bridgehead atoms. The van der Waals surface area contributed by atoms with Gasteiger partial charge in [-0.15, -0.1) is 0 Å². The van der Waals surface area contributed by atoms with E-state index in [1.807, 2.05) is 12.1 Å². The maximum Gasteiger partial charge on any atom is 0.339 e. The van der Waals surface area contributed by atoms with E-state index in [9.17, 15) is 4.79 Å². The second-order valence-electron chi connectivity index (χ2n) is 3.49. The predicted octanol–water partition coefficient (Wildman–Crippen LogP) is 2.76. The Kier molecular flexibility index (Phi) is 4.39. The van der Waals surface area contributed by atoms with Gasteiger partial charge < -0.3 is 10.5 Å². The summed E-state index contributed by atoms with van der Waals surface area (Å²) in [4.78, 5) is 20.6. The molecule has 0 aliphatic rings. The van der Waals surface area contributed by atoms with Crippen LogP contribution in [-0.2, 0) is 4.74 Å². The Labute approximate surface area is 122 Å². The summed E-state index contributed by atoms with van der Waals surface area (Å²) in [6.45, 7) is 0. The first-order valence-electron chi connectivity index (χ1n) is 5.24. The van der Waals surface area contributed by atoms with Gasteiger partial charge in [-0.2, -0.15) is 0 Å². The topological polar surface area (TPSA) is 78.1 Å². The molecule has 0 aliphatic heterocycles. The van der Waals surface area contributed by atoms with Gasteiger partial charge in [0.25, 0.3) is 0 Å². The molecule has 0 aromatic carbocycles. The Morgan fingerprint density at radius 1 is 1.47 bits per heavy atom. The van der Waals surface area contributed by atoms with Crippen LogP contribution in [0.5, 0.6) is 0 Å². The van der Waals surface area contributed by atoms with Crippen molar-refractivity contribution in [3.63, 3.8) is 0 Å². The minimum absolute atomic E-state index is 0.268. The molecule has 0 amide bonds. The van der Waals surface area contributed by atoms with Crippen LogP contribution in [-0.4, -0.2) is 23.0 Å². The molecule has 2 heterocycles. The molecule has 0 radical (unpaired) electrons. The van der Waals surface area contributed by atoms with E-state index in [2.05, 4.69) is 25.9 Å². The van der Waals surface area contributed by atoms with Crippen molar-refractivity contribution in [1.29, 1.82) is 0 Å². The maximum absolute atomic E-state index is 11.7. The lowest BCUT2D eigenvalue weighted by molar-refractivity contribution is 0.0596. The molecular weight excluding hydrogens is 330 g/mol. The Balaban J connectivity index is 2.40. The molecule has 0 saturated heterocycles. The number of ether oxygens (including phenoxy) is 1. The van der Waals surface area contributed by atoms with Crippen molar-refractivity contribution in [1.82, 2.24) is 9.97 Å². The van der Waals surface area contributed by atoms with Crippen molar-refractivity contribution in [2.24, 2.45) is 0 Å². The largest absolute Gasteiger partial charge is 0.465 e. The molecule has 0 saturated carbocycles. The lowest BCUT2D eigenvalue weighted by Gasteiger charge is -2.08. The van der Waals surface area contributed by atoms with Crippen molar-refractivity contribution in [2.45, 2.75) is 9.92 Å². The number of carbonyl (C=O) groups is 1. The number of pyridine rings is 2. The monoisotopic (exact) mass is 339 g/mol. The van der Waals surface area contributed by atoms with Gasteiger partial charge >= 0.3 is 5.97 Å². The highest BCUT2D eigenvalue weighted by Crippen LogP contribution is 2.33. The molecule has 2 aromatic rings. The Bertz CT molecular complexity index is 622. The molecule has 0 unspecified atom stereocenters. The molecule has 7 heteroatoms. The van der Waals surface area contributed by atoms with Crippen LogP contribution in [0.4, 0.5) is 5.82 Å². The fourth-order valence-electron chi connectivity index (χ4n) is 1.36. The molecule has 0 fully saturated rings. The lowest BCUT2D eigenvalue weighted by Crippen LogP contribution is -2.05. The second kappa shape index (κ2) is 6.03. The smallest absolute Gasteiger partial charge is 0.339 e. The molecule has 0 aliphatic carbocycles. The first-order chi connectivity index (χ1) is 9.11. The number of rotatable bonds is 3. The lowest BCUT2D eigenvalue weighted by atomic mass is 10.2. The van der Waals surface area contributed by atoms with Crippen LogP contribution in [0.3, 0.4) is 0 Å². The number of nitrogens with zero attached hydrogens (tertiary/aromatic N) is 2. The standard InChI is InChI=1S/C12H10BrN3O2S/c1-18-12(17)7-5-10(14)16-6-9(7)19-11-8(13)3-2-4-15-11/h2-6H,1H3,(H2,14,16). The number of nitrogens with two attached hydrogens (primary N) is 1. The van der Waals surface area contributed by atoms with Crippen LogP contribution < -0.4 is 5.73 Å². The number of halogens is 1. The summed E-state index contributed by atoms with van der Waals surface area (Å²) in [5.41, 5.74) is 5.96. The number of methoxy groups -OCH3 is 1. The molecule has 0 atom stereocenters. The molecule has 5 nitrogen and oxygen atoms in total. The number of esters is 1. The number of hydrogen-bond acceptors (Lipinski definition) is 6. The number of carbonyl (C=O) groups excluding carboxylic acids is 1. The van der Waals surface area contributed by atoms with Gasteiger partial charge in [0.15, 0.2) is 0 Å². The summed E-state index contributed by atoms with van der Waals surface area (Å²) in [5.74, 6) is -0.187. The van der Waals surface area contributed by atoms with Crippen LogP contribution in [0.25, 0.3) is 0 Å². The van der Waals surface area contributed by atoms with Crippen molar-refractivity contribution in [3.8, 4) is 0 Å². The van der Waals surface area contributed by atoms with Gasteiger partial charge in [0.2, 0.25) is 0 Å². The van der Waals surface area contributed by atoms with Crippen molar-refractivity contribution in [2.75, 3.05) is 12.8 Å². The minimum atomic E-state index is -0.455. The normalized spacial score (nSPS) is 10.2. The molecule has 2 rings (SSSR count). The first-order valence-corrected chi connectivity index (χ1v) is 6.85. The van der Waals surface area contributed by atoms with Gasteiger partial charge in [-0.05, 0) is 34.1 Å². The van der Waals surface area contributed by atoms with Gasteiger partial charge in [0.05, 0.1) is 17.1 Å². The number of aromatic nitrogens is 2. The van der Waals surface area contributed by atoms with Crippen LogP contribution in [0.2, 0.25) is 0 Å². The SMILES string of the molecule is COC(=O)c1cc(N)ncc1Sc1ncccc1Br. The molecule has 0 spiro atoms. The van der Waals surface area contributed by atoms with E-state index in [0.29, 0.717) is 10.5 Å². The third kappa shape index (κ3) is 3.24. The van der Waals surface area contributed by atoms with Crippen molar-refractivity contribution in [3.05, 3.63) is 40.6 Å². The zero-order valence-electron chi connectivity index (χ0n) is 9.96. The molecule has 2 aromatic heterocycles. The second-order valence-corrected chi connectivity index (χ2v) is 5.37. The number of hydrogen-bond donors (Lipinski definition) is 1. The fourth-order valence-corrected chi connectivity index (χ4v) is 2.70. The van der Waals surface area contributed by atoms with E-state index in [1.54, 1.807) is 6.20 Å². The molecule has 2 N–H and O–H groups in total. The van der Waals surface area contributed by atoms with Gasteiger partial charge in [0, 0.05) is 17.3 Å². The number of anilines is 1. The van der Waals surface area contributed by atoms with Crippen LogP contribution in [0, 0.1) is 0 Å². The minimum Gasteiger partial charge on any atom is -0.465 e. The zero-order chi connectivity index (χ0) is 13.8. The van der Waals surface area contributed by atoms with E-state index < -0.39 is 5.97 Å². The molecule has 98 valence electrons. The Hall–Kier alpha value is -1.60. The fraction of sp³-hybridized carbons (Fsp3) is 0.0833. The first kappa shape index (κ1) is 13.8. The summed E-state index contributed by atoms with van der Waals surface area (Å²) >= 11 is 4.72. The average molecular weight is 340 g/mol. The summed E-state index contributed by atoms with van der Waals surface area (Å²) in [5, 5.41) is 0.735.